The molecule has 2 rings (SSSR count). The Morgan fingerprint density at radius 3 is 2.57 bits per heavy atom. The number of urea groups is 1. The summed E-state index contributed by atoms with van der Waals surface area (Å²) in [5.74, 6) is -0.353. The number of β-amino-alcohol motifs (C(OH)–C–C–N with tert-alkyl or cyclic N) is 1. The van der Waals surface area contributed by atoms with Gasteiger partial charge in [-0.15, -0.1) is 13.2 Å². The molecule has 1 aromatic carbocycles. The molecule has 0 aromatic heterocycles. The Kier molecular flexibility index (Phi) is 4.56. The van der Waals surface area contributed by atoms with Crippen LogP contribution in [0.4, 0.5) is 23.7 Å². The summed E-state index contributed by atoms with van der Waals surface area (Å²) >= 11 is 0. The monoisotopic (exact) mass is 304 g/mol. The molecule has 1 heterocycles. The Hall–Kier alpha value is -1.96. The van der Waals surface area contributed by atoms with Crippen LogP contribution in [0.2, 0.25) is 0 Å². The fraction of sp³-hybridized carbons (Fsp3) is 0.462. The minimum atomic E-state index is -4.74. The third-order valence-corrected chi connectivity index (χ3v) is 3.02. The first-order chi connectivity index (χ1) is 9.83. The van der Waals surface area contributed by atoms with E-state index in [1.165, 1.54) is 17.0 Å². The molecule has 1 aliphatic heterocycles. The van der Waals surface area contributed by atoms with Gasteiger partial charge < -0.3 is 20.1 Å². The normalized spacial score (nSPS) is 19.2. The van der Waals surface area contributed by atoms with Gasteiger partial charge in [-0.05, 0) is 37.1 Å². The molecule has 0 unspecified atom stereocenters. The maximum absolute atomic E-state index is 12.0. The lowest BCUT2D eigenvalue weighted by Gasteiger charge is -2.30. The second kappa shape index (κ2) is 6.21. The fourth-order valence-corrected chi connectivity index (χ4v) is 2.08. The van der Waals surface area contributed by atoms with Gasteiger partial charge in [0.1, 0.15) is 5.75 Å². The van der Waals surface area contributed by atoms with E-state index in [-0.39, 0.29) is 12.3 Å². The highest BCUT2D eigenvalue weighted by atomic mass is 19.4. The third-order valence-electron chi connectivity index (χ3n) is 3.02. The molecular weight excluding hydrogens is 289 g/mol. The lowest BCUT2D eigenvalue weighted by atomic mass is 10.1. The first kappa shape index (κ1) is 15.4. The molecule has 1 fully saturated rings. The Morgan fingerprint density at radius 1 is 1.33 bits per heavy atom. The van der Waals surface area contributed by atoms with E-state index in [0.29, 0.717) is 25.1 Å². The van der Waals surface area contributed by atoms with Gasteiger partial charge in [-0.3, -0.25) is 0 Å². The molecule has 0 radical (unpaired) electrons. The number of hydrogen-bond donors (Lipinski definition) is 2. The van der Waals surface area contributed by atoms with Crippen molar-refractivity contribution < 1.29 is 27.8 Å². The topological polar surface area (TPSA) is 61.8 Å². The van der Waals surface area contributed by atoms with Crippen molar-refractivity contribution in [3.8, 4) is 5.75 Å². The Balaban J connectivity index is 1.92. The van der Waals surface area contributed by atoms with Crippen LogP contribution in [0.3, 0.4) is 0 Å². The minimum Gasteiger partial charge on any atom is -0.406 e. The number of hydrogen-bond acceptors (Lipinski definition) is 3. The highest BCUT2D eigenvalue weighted by Gasteiger charge is 2.31. The van der Waals surface area contributed by atoms with Crippen LogP contribution in [0.25, 0.3) is 0 Å². The Labute approximate surface area is 119 Å². The number of ether oxygens (including phenoxy) is 1. The molecule has 1 aliphatic rings. The second-order valence-corrected chi connectivity index (χ2v) is 4.74. The van der Waals surface area contributed by atoms with E-state index in [0.717, 1.165) is 12.1 Å². The number of anilines is 1. The number of carbonyl (C=O) groups is 1. The van der Waals surface area contributed by atoms with Gasteiger partial charge in [-0.25, -0.2) is 4.79 Å². The summed E-state index contributed by atoms with van der Waals surface area (Å²) in [6.07, 6.45) is -3.90. The van der Waals surface area contributed by atoms with Crippen LogP contribution in [-0.4, -0.2) is 41.6 Å². The number of rotatable bonds is 2. The Morgan fingerprint density at radius 2 is 2.00 bits per heavy atom. The molecular formula is C13H15F3N2O3. The van der Waals surface area contributed by atoms with Crippen molar-refractivity contribution in [1.82, 2.24) is 4.90 Å². The van der Waals surface area contributed by atoms with Crippen molar-refractivity contribution in [2.75, 3.05) is 18.4 Å². The highest BCUT2D eigenvalue weighted by molar-refractivity contribution is 5.89. The number of nitrogens with one attached hydrogen (secondary N) is 1. The zero-order valence-corrected chi connectivity index (χ0v) is 11.1. The molecule has 0 bridgehead atoms. The number of nitrogens with zero attached hydrogens (tertiary/aromatic N) is 1. The minimum absolute atomic E-state index is 0.251. The van der Waals surface area contributed by atoms with Crippen molar-refractivity contribution in [2.24, 2.45) is 0 Å². The summed E-state index contributed by atoms with van der Waals surface area (Å²) in [4.78, 5) is 13.4. The summed E-state index contributed by atoms with van der Waals surface area (Å²) in [7, 11) is 0. The average molecular weight is 304 g/mol. The van der Waals surface area contributed by atoms with Crippen LogP contribution in [0, 0.1) is 0 Å². The lowest BCUT2D eigenvalue weighted by molar-refractivity contribution is -0.274. The molecule has 5 nitrogen and oxygen atoms in total. The van der Waals surface area contributed by atoms with E-state index in [1.807, 2.05) is 0 Å². The highest BCUT2D eigenvalue weighted by Crippen LogP contribution is 2.24. The SMILES string of the molecule is O=C(Nc1ccc(OC(F)(F)F)cc1)N1CCC[C@H](O)C1. The standard InChI is InChI=1S/C13H15F3N2O3/c14-13(15,16)21-11-5-3-9(4-6-11)17-12(20)18-7-1-2-10(19)8-18/h3-6,10,19H,1-2,7-8H2,(H,17,20)/t10-/m0/s1. The van der Waals surface area contributed by atoms with Crippen molar-refractivity contribution >= 4 is 11.7 Å². The second-order valence-electron chi connectivity index (χ2n) is 4.74. The summed E-state index contributed by atoms with van der Waals surface area (Å²) in [6, 6.07) is 4.49. The number of aliphatic hydroxyl groups excluding tert-OH is 1. The molecule has 0 aliphatic carbocycles. The lowest BCUT2D eigenvalue weighted by Crippen LogP contribution is -2.44. The first-order valence-corrected chi connectivity index (χ1v) is 6.43. The zero-order chi connectivity index (χ0) is 15.5. The quantitative estimate of drug-likeness (QED) is 0.883. The number of halogens is 3. The van der Waals surface area contributed by atoms with E-state index in [9.17, 15) is 23.1 Å². The fourth-order valence-electron chi connectivity index (χ4n) is 2.08. The van der Waals surface area contributed by atoms with Gasteiger partial charge in [0.15, 0.2) is 0 Å². The molecule has 21 heavy (non-hydrogen) atoms. The number of piperidine rings is 1. The number of amides is 2. The summed E-state index contributed by atoms with van der Waals surface area (Å²) in [5, 5.41) is 12.1. The molecule has 1 atom stereocenters. The number of aliphatic hydroxyl groups is 1. The van der Waals surface area contributed by atoms with Crippen LogP contribution in [0.1, 0.15) is 12.8 Å². The summed E-state index contributed by atoms with van der Waals surface area (Å²) < 4.78 is 39.8. The van der Waals surface area contributed by atoms with Crippen LogP contribution in [-0.2, 0) is 0 Å². The Bertz CT molecular complexity index is 490. The van der Waals surface area contributed by atoms with Crippen molar-refractivity contribution in [3.63, 3.8) is 0 Å². The molecule has 2 amide bonds. The molecule has 2 N–H and O–H groups in total. The maximum Gasteiger partial charge on any atom is 0.573 e. The summed E-state index contributed by atoms with van der Waals surface area (Å²) in [5.41, 5.74) is 0.356. The van der Waals surface area contributed by atoms with Gasteiger partial charge in [0.05, 0.1) is 6.10 Å². The largest absolute Gasteiger partial charge is 0.573 e. The molecule has 116 valence electrons. The van der Waals surface area contributed by atoms with Gasteiger partial charge in [0.2, 0.25) is 0 Å². The van der Waals surface area contributed by atoms with Crippen LogP contribution >= 0.6 is 0 Å². The predicted octanol–water partition coefficient (Wildman–Crippen LogP) is 2.57. The number of carbonyl (C=O) groups excluding carboxylic acids is 1. The first-order valence-electron chi connectivity index (χ1n) is 6.43. The van der Waals surface area contributed by atoms with E-state index in [1.54, 1.807) is 0 Å². The van der Waals surface area contributed by atoms with Crippen LogP contribution in [0.5, 0.6) is 5.75 Å². The van der Waals surface area contributed by atoms with Gasteiger partial charge in [-0.1, -0.05) is 0 Å². The van der Waals surface area contributed by atoms with Crippen molar-refractivity contribution in [1.29, 1.82) is 0 Å². The molecule has 1 saturated heterocycles. The van der Waals surface area contributed by atoms with Crippen LogP contribution in [0.15, 0.2) is 24.3 Å². The number of alkyl halides is 3. The maximum atomic E-state index is 12.0. The van der Waals surface area contributed by atoms with E-state index in [4.69, 9.17) is 0 Å². The van der Waals surface area contributed by atoms with Gasteiger partial charge in [0.25, 0.3) is 0 Å². The number of likely N-dealkylation sites (tertiary alicyclic amines) is 1. The predicted molar refractivity (Wildman–Crippen MR) is 69.0 cm³/mol. The molecule has 1 aromatic rings. The molecule has 0 spiro atoms. The van der Waals surface area contributed by atoms with Crippen molar-refractivity contribution in [3.05, 3.63) is 24.3 Å². The zero-order valence-electron chi connectivity index (χ0n) is 11.1. The van der Waals surface area contributed by atoms with Crippen molar-refractivity contribution in [2.45, 2.75) is 25.3 Å². The third kappa shape index (κ3) is 4.82. The summed E-state index contributed by atoms with van der Waals surface area (Å²) in [6.45, 7) is 0.791. The number of benzene rings is 1. The van der Waals surface area contributed by atoms with Crippen LogP contribution < -0.4 is 10.1 Å². The smallest absolute Gasteiger partial charge is 0.406 e. The van der Waals surface area contributed by atoms with E-state index >= 15 is 0 Å². The average Bonchev–Trinajstić information content (AvgIpc) is 2.39. The van der Waals surface area contributed by atoms with E-state index in [2.05, 4.69) is 10.1 Å². The van der Waals surface area contributed by atoms with E-state index < -0.39 is 18.5 Å². The van der Waals surface area contributed by atoms with Gasteiger partial charge in [0, 0.05) is 18.8 Å². The molecule has 8 heteroatoms. The molecule has 0 saturated carbocycles. The van der Waals surface area contributed by atoms with Gasteiger partial charge in [-0.2, -0.15) is 0 Å². The van der Waals surface area contributed by atoms with Gasteiger partial charge >= 0.3 is 12.4 Å².